The Morgan fingerprint density at radius 3 is 2.75 bits per heavy atom. The summed E-state index contributed by atoms with van der Waals surface area (Å²) < 4.78 is 16.2. The SMILES string of the molecule is COc1ccc(C(CN)NCC2CCCO2)cc1OC. The van der Waals surface area contributed by atoms with Gasteiger partial charge in [0.15, 0.2) is 11.5 Å². The van der Waals surface area contributed by atoms with E-state index in [9.17, 15) is 0 Å². The summed E-state index contributed by atoms with van der Waals surface area (Å²) in [6, 6.07) is 5.99. The lowest BCUT2D eigenvalue weighted by Gasteiger charge is -2.21. The Labute approximate surface area is 120 Å². The molecule has 1 fully saturated rings. The van der Waals surface area contributed by atoms with Gasteiger partial charge in [0.1, 0.15) is 0 Å². The molecule has 0 spiro atoms. The Hall–Kier alpha value is -1.30. The average Bonchev–Trinajstić information content (AvgIpc) is 3.01. The summed E-state index contributed by atoms with van der Waals surface area (Å²) in [6.45, 7) is 2.23. The highest BCUT2D eigenvalue weighted by atomic mass is 16.5. The van der Waals surface area contributed by atoms with Crippen LogP contribution in [0.25, 0.3) is 0 Å². The van der Waals surface area contributed by atoms with Gasteiger partial charge in [0.25, 0.3) is 0 Å². The second kappa shape index (κ2) is 7.47. The molecule has 1 aliphatic rings. The first-order valence-corrected chi connectivity index (χ1v) is 7.05. The highest BCUT2D eigenvalue weighted by Gasteiger charge is 2.18. The van der Waals surface area contributed by atoms with Crippen molar-refractivity contribution in [1.29, 1.82) is 0 Å². The third-order valence-corrected chi connectivity index (χ3v) is 3.66. The molecule has 0 aromatic heterocycles. The number of nitrogens with two attached hydrogens (primary N) is 1. The zero-order chi connectivity index (χ0) is 14.4. The first kappa shape index (κ1) is 15.1. The first-order chi connectivity index (χ1) is 9.78. The minimum Gasteiger partial charge on any atom is -0.493 e. The van der Waals surface area contributed by atoms with E-state index in [4.69, 9.17) is 19.9 Å². The molecule has 0 saturated carbocycles. The number of rotatable bonds is 7. The van der Waals surface area contributed by atoms with E-state index in [0.29, 0.717) is 12.6 Å². The van der Waals surface area contributed by atoms with Gasteiger partial charge in [-0.05, 0) is 30.5 Å². The molecule has 112 valence electrons. The van der Waals surface area contributed by atoms with Crippen LogP contribution in [0.5, 0.6) is 11.5 Å². The van der Waals surface area contributed by atoms with Crippen molar-refractivity contribution in [2.75, 3.05) is 33.9 Å². The normalized spacial score (nSPS) is 19.9. The summed E-state index contributed by atoms with van der Waals surface area (Å²) >= 11 is 0. The maximum absolute atomic E-state index is 5.88. The van der Waals surface area contributed by atoms with Crippen molar-refractivity contribution < 1.29 is 14.2 Å². The molecule has 0 aliphatic carbocycles. The van der Waals surface area contributed by atoms with E-state index in [-0.39, 0.29) is 6.04 Å². The minimum atomic E-state index is 0.0963. The quantitative estimate of drug-likeness (QED) is 0.792. The molecule has 2 atom stereocenters. The van der Waals surface area contributed by atoms with Gasteiger partial charge in [-0.15, -0.1) is 0 Å². The summed E-state index contributed by atoms with van der Waals surface area (Å²) in [5, 5.41) is 3.47. The highest BCUT2D eigenvalue weighted by Crippen LogP contribution is 2.29. The maximum atomic E-state index is 5.88. The van der Waals surface area contributed by atoms with E-state index in [1.165, 1.54) is 0 Å². The number of benzene rings is 1. The van der Waals surface area contributed by atoms with E-state index in [1.807, 2.05) is 18.2 Å². The smallest absolute Gasteiger partial charge is 0.161 e. The fourth-order valence-corrected chi connectivity index (χ4v) is 2.49. The van der Waals surface area contributed by atoms with Gasteiger partial charge >= 0.3 is 0 Å². The lowest BCUT2D eigenvalue weighted by atomic mass is 10.1. The van der Waals surface area contributed by atoms with Crippen LogP contribution in [0.4, 0.5) is 0 Å². The fraction of sp³-hybridized carbons (Fsp3) is 0.600. The molecule has 1 aromatic carbocycles. The molecule has 1 saturated heterocycles. The van der Waals surface area contributed by atoms with E-state index >= 15 is 0 Å². The molecule has 5 heteroatoms. The molecule has 0 radical (unpaired) electrons. The Morgan fingerprint density at radius 1 is 1.35 bits per heavy atom. The molecule has 1 heterocycles. The Balaban J connectivity index is 2.02. The van der Waals surface area contributed by atoms with Crippen molar-refractivity contribution in [3.8, 4) is 11.5 Å². The van der Waals surface area contributed by atoms with E-state index in [1.54, 1.807) is 14.2 Å². The van der Waals surface area contributed by atoms with Gasteiger partial charge in [0, 0.05) is 25.7 Å². The molecule has 1 aliphatic heterocycles. The van der Waals surface area contributed by atoms with Crippen molar-refractivity contribution in [3.63, 3.8) is 0 Å². The highest BCUT2D eigenvalue weighted by molar-refractivity contribution is 5.43. The summed E-state index contributed by atoms with van der Waals surface area (Å²) in [5.74, 6) is 1.45. The largest absolute Gasteiger partial charge is 0.493 e. The molecule has 20 heavy (non-hydrogen) atoms. The second-order valence-corrected chi connectivity index (χ2v) is 4.95. The average molecular weight is 280 g/mol. The van der Waals surface area contributed by atoms with Crippen molar-refractivity contribution in [2.45, 2.75) is 25.0 Å². The van der Waals surface area contributed by atoms with Gasteiger partial charge in [0.05, 0.1) is 20.3 Å². The predicted molar refractivity (Wildman–Crippen MR) is 78.3 cm³/mol. The molecular formula is C15H24N2O3. The molecule has 3 N–H and O–H groups in total. The van der Waals surface area contributed by atoms with Crippen LogP contribution < -0.4 is 20.5 Å². The van der Waals surface area contributed by atoms with E-state index in [0.717, 1.165) is 43.1 Å². The van der Waals surface area contributed by atoms with Crippen molar-refractivity contribution in [3.05, 3.63) is 23.8 Å². The van der Waals surface area contributed by atoms with Gasteiger partial charge in [0.2, 0.25) is 0 Å². The summed E-state index contributed by atoms with van der Waals surface area (Å²) in [4.78, 5) is 0. The van der Waals surface area contributed by atoms with Crippen molar-refractivity contribution in [1.82, 2.24) is 5.32 Å². The maximum Gasteiger partial charge on any atom is 0.161 e. The Kier molecular flexibility index (Phi) is 5.64. The lowest BCUT2D eigenvalue weighted by molar-refractivity contribution is 0.107. The Morgan fingerprint density at radius 2 is 2.15 bits per heavy atom. The minimum absolute atomic E-state index is 0.0963. The number of hydrogen-bond acceptors (Lipinski definition) is 5. The number of hydrogen-bond donors (Lipinski definition) is 2. The molecule has 2 unspecified atom stereocenters. The fourth-order valence-electron chi connectivity index (χ4n) is 2.49. The van der Waals surface area contributed by atoms with Crippen LogP contribution in [-0.2, 0) is 4.74 Å². The van der Waals surface area contributed by atoms with Gasteiger partial charge < -0.3 is 25.3 Å². The van der Waals surface area contributed by atoms with Crippen LogP contribution in [-0.4, -0.2) is 40.0 Å². The number of nitrogens with one attached hydrogen (secondary N) is 1. The number of ether oxygens (including phenoxy) is 3. The van der Waals surface area contributed by atoms with Crippen LogP contribution in [0.2, 0.25) is 0 Å². The molecule has 5 nitrogen and oxygen atoms in total. The molecule has 1 aromatic rings. The van der Waals surface area contributed by atoms with Gasteiger partial charge in [-0.3, -0.25) is 0 Å². The summed E-state index contributed by atoms with van der Waals surface area (Å²) in [6.07, 6.45) is 2.58. The van der Waals surface area contributed by atoms with Crippen LogP contribution >= 0.6 is 0 Å². The van der Waals surface area contributed by atoms with Gasteiger partial charge in [-0.25, -0.2) is 0 Å². The van der Waals surface area contributed by atoms with Crippen molar-refractivity contribution in [2.24, 2.45) is 5.73 Å². The third kappa shape index (κ3) is 3.62. The summed E-state index contributed by atoms with van der Waals surface area (Å²) in [7, 11) is 3.27. The van der Waals surface area contributed by atoms with E-state index in [2.05, 4.69) is 5.32 Å². The van der Waals surface area contributed by atoms with Crippen LogP contribution in [0.1, 0.15) is 24.4 Å². The molecule has 0 amide bonds. The molecular weight excluding hydrogens is 256 g/mol. The second-order valence-electron chi connectivity index (χ2n) is 4.95. The zero-order valence-electron chi connectivity index (χ0n) is 12.2. The predicted octanol–water partition coefficient (Wildman–Crippen LogP) is 1.47. The summed E-state index contributed by atoms with van der Waals surface area (Å²) in [5.41, 5.74) is 6.98. The monoisotopic (exact) mass is 280 g/mol. The van der Waals surface area contributed by atoms with Crippen LogP contribution in [0, 0.1) is 0 Å². The first-order valence-electron chi connectivity index (χ1n) is 7.05. The van der Waals surface area contributed by atoms with Gasteiger partial charge in [-0.1, -0.05) is 6.07 Å². The van der Waals surface area contributed by atoms with Crippen LogP contribution in [0.15, 0.2) is 18.2 Å². The van der Waals surface area contributed by atoms with E-state index < -0.39 is 0 Å². The lowest BCUT2D eigenvalue weighted by Crippen LogP contribution is -2.34. The standard InChI is InChI=1S/C15H24N2O3/c1-18-14-6-5-11(8-15(14)19-2)13(9-16)17-10-12-4-3-7-20-12/h5-6,8,12-13,17H,3-4,7,9-10,16H2,1-2H3. The van der Waals surface area contributed by atoms with Crippen molar-refractivity contribution >= 4 is 0 Å². The molecule has 2 rings (SSSR count). The number of methoxy groups -OCH3 is 2. The van der Waals surface area contributed by atoms with Crippen LogP contribution in [0.3, 0.4) is 0 Å². The third-order valence-electron chi connectivity index (χ3n) is 3.66. The zero-order valence-corrected chi connectivity index (χ0v) is 12.2. The Bertz CT molecular complexity index is 420. The van der Waals surface area contributed by atoms with Gasteiger partial charge in [-0.2, -0.15) is 0 Å². The molecule has 0 bridgehead atoms. The topological polar surface area (TPSA) is 65.7 Å².